The second kappa shape index (κ2) is 11.6. The number of aromatic nitrogens is 2. The summed E-state index contributed by atoms with van der Waals surface area (Å²) >= 11 is 0. The van der Waals surface area contributed by atoms with Crippen molar-refractivity contribution in [3.05, 3.63) is 84.0 Å². The van der Waals surface area contributed by atoms with Gasteiger partial charge in [-0.1, -0.05) is 7.43 Å². The molecule has 1 aliphatic carbocycles. The van der Waals surface area contributed by atoms with Crippen molar-refractivity contribution in [2.45, 2.75) is 42.0 Å². The number of benzene rings is 2. The first-order chi connectivity index (χ1) is 18.1. The van der Waals surface area contributed by atoms with Gasteiger partial charge in [-0.15, -0.1) is 0 Å². The van der Waals surface area contributed by atoms with Gasteiger partial charge in [0.15, 0.2) is 0 Å². The largest absolute Gasteiger partial charge is 0.456 e. The molecule has 2 aromatic heterocycles. The molecule has 0 atom stereocenters. The van der Waals surface area contributed by atoms with Crippen LogP contribution >= 0.6 is 0 Å². The average molecular weight is 508 g/mol. The minimum absolute atomic E-state index is 0. The first-order valence-corrected chi connectivity index (χ1v) is 13.3. The van der Waals surface area contributed by atoms with Gasteiger partial charge in [0, 0.05) is 59.8 Å². The maximum atomic E-state index is 6.62. The molecule has 0 N–H and O–H groups in total. The Bertz CT molecular complexity index is 1590. The van der Waals surface area contributed by atoms with Crippen LogP contribution in [0.25, 0.3) is 44.8 Å². The van der Waals surface area contributed by atoms with Gasteiger partial charge in [-0.25, -0.2) is 4.58 Å². The topological polar surface area (TPSA) is 45.2 Å². The number of pyridine rings is 2. The van der Waals surface area contributed by atoms with Gasteiger partial charge in [-0.2, -0.15) is 0 Å². The van der Waals surface area contributed by atoms with Gasteiger partial charge in [-0.3, -0.25) is 9.97 Å². The molecule has 1 aliphatic heterocycles. The normalized spacial score (nSPS) is 11.0. The molecule has 1 aromatic carbocycles. The van der Waals surface area contributed by atoms with Crippen LogP contribution in [-0.2, 0) is 0 Å². The Hall–Kier alpha value is -3.99. The van der Waals surface area contributed by atoms with Crippen molar-refractivity contribution in [2.75, 3.05) is 31.1 Å². The third kappa shape index (κ3) is 5.06. The second-order valence-corrected chi connectivity index (χ2v) is 9.33. The summed E-state index contributed by atoms with van der Waals surface area (Å²) < 4.78 is 8.96. The van der Waals surface area contributed by atoms with E-state index in [1.54, 1.807) is 0 Å². The van der Waals surface area contributed by atoms with E-state index in [0.717, 1.165) is 71.0 Å². The molecule has 3 heterocycles. The Morgan fingerprint density at radius 2 is 1.50 bits per heavy atom. The average Bonchev–Trinajstić information content (AvgIpc) is 2.93. The molecular formula is C33H39N4O+. The molecule has 5 rings (SSSR count). The zero-order valence-electron chi connectivity index (χ0n) is 22.5. The molecule has 3 aromatic rings. The summed E-state index contributed by atoms with van der Waals surface area (Å²) in [6.45, 7) is 14.6. The van der Waals surface area contributed by atoms with Crippen molar-refractivity contribution in [1.82, 2.24) is 14.5 Å². The third-order valence-corrected chi connectivity index (χ3v) is 7.17. The summed E-state index contributed by atoms with van der Waals surface area (Å²) in [6.07, 6.45) is 3.72. The molecule has 0 bridgehead atoms. The molecule has 0 amide bonds. The Labute approximate surface area is 226 Å². The van der Waals surface area contributed by atoms with Crippen LogP contribution in [-0.4, -0.2) is 36.1 Å². The smallest absolute Gasteiger partial charge is 0.203 e. The summed E-state index contributed by atoms with van der Waals surface area (Å²) in [6, 6.07) is 21.5. The summed E-state index contributed by atoms with van der Waals surface area (Å²) in [5.74, 6) is 0.885. The minimum atomic E-state index is 0. The highest BCUT2D eigenvalue weighted by atomic mass is 16.3. The third-order valence-electron chi connectivity index (χ3n) is 7.17. The standard InChI is InChI=1S/C32H35N4O.CH4/c1-6-35(7-2)24-10-12-26-30(20-24)37-31-21-25(36(8-3)9-4)11-13-27(31)32(26)23-15-17-34-29(19-23)28-18-22(5)14-16-33-28;/h10-21H,6-9H2,1-5H3;1H4/q+1;. The first kappa shape index (κ1) is 27.1. The van der Waals surface area contributed by atoms with Crippen LogP contribution in [0.5, 0.6) is 0 Å². The lowest BCUT2D eigenvalue weighted by molar-refractivity contribution is 0.604. The van der Waals surface area contributed by atoms with Crippen molar-refractivity contribution in [1.29, 1.82) is 0 Å². The molecule has 0 spiro atoms. The van der Waals surface area contributed by atoms with E-state index in [2.05, 4.69) is 109 Å². The van der Waals surface area contributed by atoms with Crippen molar-refractivity contribution < 1.29 is 4.42 Å². The van der Waals surface area contributed by atoms with Crippen LogP contribution < -0.4 is 14.8 Å². The van der Waals surface area contributed by atoms with Crippen LogP contribution in [0.15, 0.2) is 77.5 Å². The van der Waals surface area contributed by atoms with Gasteiger partial charge in [0.1, 0.15) is 24.4 Å². The lowest BCUT2D eigenvalue weighted by atomic mass is 9.93. The van der Waals surface area contributed by atoms with E-state index in [1.807, 2.05) is 18.5 Å². The molecule has 196 valence electrons. The summed E-state index contributed by atoms with van der Waals surface area (Å²) in [7, 11) is 0. The van der Waals surface area contributed by atoms with E-state index in [1.165, 1.54) is 16.6 Å². The lowest BCUT2D eigenvalue weighted by Gasteiger charge is -2.22. The van der Waals surface area contributed by atoms with Crippen molar-refractivity contribution in [3.8, 4) is 33.8 Å². The Kier molecular flexibility index (Phi) is 8.26. The molecule has 0 saturated heterocycles. The van der Waals surface area contributed by atoms with Gasteiger partial charge < -0.3 is 9.32 Å². The SMILES string of the molecule is C.CCN(CC)c1ccc2c(-c3ccnc(-c4cc(C)ccn4)c3)c3ccc(=[N+](CC)CC)cc-3oc2c1. The highest BCUT2D eigenvalue weighted by Gasteiger charge is 2.20. The summed E-state index contributed by atoms with van der Waals surface area (Å²) in [5, 5.41) is 2.26. The predicted molar refractivity (Wildman–Crippen MR) is 161 cm³/mol. The van der Waals surface area contributed by atoms with Gasteiger partial charge in [0.25, 0.3) is 0 Å². The van der Waals surface area contributed by atoms with Crippen LogP contribution in [0.3, 0.4) is 0 Å². The molecule has 5 heteroatoms. The fourth-order valence-electron chi connectivity index (χ4n) is 5.15. The number of aryl methyl sites for hydroxylation is 1. The Balaban J connectivity index is 0.00000336. The zero-order valence-corrected chi connectivity index (χ0v) is 22.5. The molecule has 0 unspecified atom stereocenters. The van der Waals surface area contributed by atoms with Crippen LogP contribution in [0.2, 0.25) is 0 Å². The van der Waals surface area contributed by atoms with Crippen molar-refractivity contribution >= 4 is 16.7 Å². The van der Waals surface area contributed by atoms with Crippen molar-refractivity contribution in [2.24, 2.45) is 0 Å². The van der Waals surface area contributed by atoms with Gasteiger partial charge in [0.05, 0.1) is 17.5 Å². The van der Waals surface area contributed by atoms with E-state index in [4.69, 9.17) is 4.42 Å². The number of nitrogens with zero attached hydrogens (tertiary/aromatic N) is 4. The van der Waals surface area contributed by atoms with Gasteiger partial charge >= 0.3 is 0 Å². The van der Waals surface area contributed by atoms with Crippen LogP contribution in [0.1, 0.15) is 40.7 Å². The number of anilines is 1. The molecule has 5 nitrogen and oxygen atoms in total. The maximum absolute atomic E-state index is 6.62. The fraction of sp³-hybridized carbons (Fsp3) is 0.303. The molecule has 0 fully saturated rings. The van der Waals surface area contributed by atoms with E-state index >= 15 is 0 Å². The lowest BCUT2D eigenvalue weighted by Crippen LogP contribution is -2.29. The predicted octanol–water partition coefficient (Wildman–Crippen LogP) is 7.26. The second-order valence-electron chi connectivity index (χ2n) is 9.33. The highest BCUT2D eigenvalue weighted by Crippen LogP contribution is 2.41. The fourth-order valence-corrected chi connectivity index (χ4v) is 5.15. The molecule has 0 radical (unpaired) electrons. The quantitative estimate of drug-likeness (QED) is 0.172. The van der Waals surface area contributed by atoms with E-state index in [9.17, 15) is 0 Å². The molecular weight excluding hydrogens is 468 g/mol. The van der Waals surface area contributed by atoms with E-state index in [0.29, 0.717) is 0 Å². The Morgan fingerprint density at radius 1 is 0.789 bits per heavy atom. The first-order valence-electron chi connectivity index (χ1n) is 13.3. The minimum Gasteiger partial charge on any atom is -0.456 e. The van der Waals surface area contributed by atoms with Crippen LogP contribution in [0, 0.1) is 6.92 Å². The number of rotatable bonds is 7. The van der Waals surface area contributed by atoms with Gasteiger partial charge in [0.2, 0.25) is 5.36 Å². The van der Waals surface area contributed by atoms with Crippen LogP contribution in [0.4, 0.5) is 5.69 Å². The summed E-state index contributed by atoms with van der Waals surface area (Å²) in [5.41, 5.74) is 8.32. The zero-order chi connectivity index (χ0) is 25.9. The maximum Gasteiger partial charge on any atom is 0.203 e. The van der Waals surface area contributed by atoms with E-state index in [-0.39, 0.29) is 7.43 Å². The van der Waals surface area contributed by atoms with Crippen molar-refractivity contribution in [3.63, 3.8) is 0 Å². The Morgan fingerprint density at radius 3 is 2.18 bits per heavy atom. The number of hydrogen-bond donors (Lipinski definition) is 0. The highest BCUT2D eigenvalue weighted by molar-refractivity contribution is 6.03. The van der Waals surface area contributed by atoms with E-state index < -0.39 is 0 Å². The molecule has 38 heavy (non-hydrogen) atoms. The molecule has 2 aliphatic rings. The number of hydrogen-bond acceptors (Lipinski definition) is 4. The number of fused-ring (bicyclic) bond motifs is 2. The monoisotopic (exact) mass is 507 g/mol. The molecule has 0 saturated carbocycles. The summed E-state index contributed by atoms with van der Waals surface area (Å²) in [4.78, 5) is 11.6. The van der Waals surface area contributed by atoms with Gasteiger partial charge in [-0.05, 0) is 88.2 Å².